The highest BCUT2D eigenvalue weighted by molar-refractivity contribution is 7.10. The Balaban J connectivity index is 1.96. The van der Waals surface area contributed by atoms with Crippen molar-refractivity contribution < 1.29 is 5.11 Å². The quantitative estimate of drug-likeness (QED) is 0.801. The molecule has 78 valence electrons. The minimum atomic E-state index is 0.278. The standard InChI is InChI=1S/C11H10ClNOS/c12-8-5-11(15-7-8)6-13-9-1-3-10(14)4-2-9/h1-5,7,13-14H,6H2. The molecule has 0 bridgehead atoms. The molecule has 2 rings (SSSR count). The van der Waals surface area contributed by atoms with Crippen molar-refractivity contribution in [3.8, 4) is 5.75 Å². The van der Waals surface area contributed by atoms with Gasteiger partial charge in [0.25, 0.3) is 0 Å². The molecule has 0 radical (unpaired) electrons. The average Bonchev–Trinajstić information content (AvgIpc) is 2.64. The molecule has 0 saturated carbocycles. The van der Waals surface area contributed by atoms with Crippen LogP contribution in [-0.2, 0) is 6.54 Å². The summed E-state index contributed by atoms with van der Waals surface area (Å²) in [6.45, 7) is 0.752. The number of aromatic hydroxyl groups is 1. The molecule has 0 atom stereocenters. The molecule has 0 amide bonds. The fourth-order valence-electron chi connectivity index (χ4n) is 1.21. The van der Waals surface area contributed by atoms with Crippen LogP contribution >= 0.6 is 22.9 Å². The number of benzene rings is 1. The summed E-state index contributed by atoms with van der Waals surface area (Å²) in [5.41, 5.74) is 0.984. The Morgan fingerprint density at radius 1 is 1.27 bits per heavy atom. The molecule has 0 saturated heterocycles. The largest absolute Gasteiger partial charge is 0.508 e. The lowest BCUT2D eigenvalue weighted by molar-refractivity contribution is 0.475. The molecule has 1 heterocycles. The van der Waals surface area contributed by atoms with Crippen LogP contribution in [-0.4, -0.2) is 5.11 Å². The molecular weight excluding hydrogens is 230 g/mol. The van der Waals surface area contributed by atoms with Crippen LogP contribution in [0, 0.1) is 0 Å². The molecule has 2 aromatic rings. The molecule has 0 spiro atoms. The number of thiophene rings is 1. The number of phenolic OH excluding ortho intramolecular Hbond substituents is 1. The lowest BCUT2D eigenvalue weighted by atomic mass is 10.3. The van der Waals surface area contributed by atoms with Crippen molar-refractivity contribution in [3.05, 3.63) is 45.6 Å². The summed E-state index contributed by atoms with van der Waals surface area (Å²) < 4.78 is 0. The van der Waals surface area contributed by atoms with Crippen molar-refractivity contribution in [2.75, 3.05) is 5.32 Å². The van der Waals surface area contributed by atoms with Crippen LogP contribution in [0.25, 0.3) is 0 Å². The summed E-state index contributed by atoms with van der Waals surface area (Å²) in [6.07, 6.45) is 0. The maximum absolute atomic E-state index is 9.10. The van der Waals surface area contributed by atoms with Crippen LogP contribution in [0.1, 0.15) is 4.88 Å². The molecule has 1 aromatic heterocycles. The maximum Gasteiger partial charge on any atom is 0.115 e. The fourth-order valence-corrected chi connectivity index (χ4v) is 2.23. The number of halogens is 1. The van der Waals surface area contributed by atoms with Crippen molar-refractivity contribution in [2.45, 2.75) is 6.54 Å². The van der Waals surface area contributed by atoms with Gasteiger partial charge in [-0.1, -0.05) is 11.6 Å². The van der Waals surface area contributed by atoms with Gasteiger partial charge >= 0.3 is 0 Å². The normalized spacial score (nSPS) is 10.2. The Hall–Kier alpha value is -1.19. The molecule has 15 heavy (non-hydrogen) atoms. The topological polar surface area (TPSA) is 32.3 Å². The minimum Gasteiger partial charge on any atom is -0.508 e. The van der Waals surface area contributed by atoms with Gasteiger partial charge in [0, 0.05) is 22.5 Å². The van der Waals surface area contributed by atoms with Gasteiger partial charge in [-0.05, 0) is 30.3 Å². The predicted octanol–water partition coefficient (Wildman–Crippen LogP) is 3.72. The minimum absolute atomic E-state index is 0.278. The van der Waals surface area contributed by atoms with Crippen LogP contribution < -0.4 is 5.32 Å². The molecule has 0 aliphatic carbocycles. The number of phenols is 1. The van der Waals surface area contributed by atoms with Gasteiger partial charge in [-0.3, -0.25) is 0 Å². The maximum atomic E-state index is 9.10. The van der Waals surface area contributed by atoms with Crippen LogP contribution in [0.5, 0.6) is 5.75 Å². The fraction of sp³-hybridized carbons (Fsp3) is 0.0909. The van der Waals surface area contributed by atoms with E-state index >= 15 is 0 Å². The van der Waals surface area contributed by atoms with E-state index in [9.17, 15) is 0 Å². The van der Waals surface area contributed by atoms with Gasteiger partial charge in [0.1, 0.15) is 5.75 Å². The Labute approximate surface area is 97.1 Å². The van der Waals surface area contributed by atoms with E-state index in [1.165, 1.54) is 4.88 Å². The van der Waals surface area contributed by atoms with Crippen LogP contribution in [0.2, 0.25) is 5.02 Å². The number of rotatable bonds is 3. The summed E-state index contributed by atoms with van der Waals surface area (Å²) in [5, 5.41) is 15.0. The highest BCUT2D eigenvalue weighted by Crippen LogP contribution is 2.21. The summed E-state index contributed by atoms with van der Waals surface area (Å²) in [5.74, 6) is 0.278. The summed E-state index contributed by atoms with van der Waals surface area (Å²) >= 11 is 7.44. The lowest BCUT2D eigenvalue weighted by Crippen LogP contribution is -1.96. The lowest BCUT2D eigenvalue weighted by Gasteiger charge is -2.04. The van der Waals surface area contributed by atoms with E-state index in [0.717, 1.165) is 17.3 Å². The van der Waals surface area contributed by atoms with Gasteiger partial charge in [-0.15, -0.1) is 11.3 Å². The molecule has 2 N–H and O–H groups in total. The van der Waals surface area contributed by atoms with Crippen molar-refractivity contribution in [1.82, 2.24) is 0 Å². The zero-order chi connectivity index (χ0) is 10.7. The van der Waals surface area contributed by atoms with E-state index < -0.39 is 0 Å². The highest BCUT2D eigenvalue weighted by Gasteiger charge is 1.97. The van der Waals surface area contributed by atoms with Crippen LogP contribution in [0.3, 0.4) is 0 Å². The third-order valence-corrected chi connectivity index (χ3v) is 3.24. The van der Waals surface area contributed by atoms with Gasteiger partial charge in [-0.2, -0.15) is 0 Å². The Morgan fingerprint density at radius 2 is 2.00 bits per heavy atom. The van der Waals surface area contributed by atoms with Crippen molar-refractivity contribution in [3.63, 3.8) is 0 Å². The zero-order valence-electron chi connectivity index (χ0n) is 7.90. The molecule has 1 aromatic carbocycles. The van der Waals surface area contributed by atoms with Gasteiger partial charge < -0.3 is 10.4 Å². The van der Waals surface area contributed by atoms with E-state index in [-0.39, 0.29) is 5.75 Å². The first kappa shape index (κ1) is 10.3. The van der Waals surface area contributed by atoms with Crippen LogP contribution in [0.4, 0.5) is 5.69 Å². The molecule has 0 aliphatic heterocycles. The van der Waals surface area contributed by atoms with Gasteiger partial charge in [0.2, 0.25) is 0 Å². The predicted molar refractivity (Wildman–Crippen MR) is 64.8 cm³/mol. The molecule has 0 fully saturated rings. The molecule has 0 aliphatic rings. The van der Waals surface area contributed by atoms with E-state index in [0.29, 0.717) is 0 Å². The number of nitrogens with one attached hydrogen (secondary N) is 1. The third kappa shape index (κ3) is 2.88. The molecule has 4 heteroatoms. The SMILES string of the molecule is Oc1ccc(NCc2cc(Cl)cs2)cc1. The zero-order valence-corrected chi connectivity index (χ0v) is 9.48. The molecule has 2 nitrogen and oxygen atoms in total. The first-order chi connectivity index (χ1) is 7.24. The van der Waals surface area contributed by atoms with E-state index in [2.05, 4.69) is 5.32 Å². The van der Waals surface area contributed by atoms with Gasteiger partial charge in [0.15, 0.2) is 0 Å². The number of anilines is 1. The first-order valence-corrected chi connectivity index (χ1v) is 5.75. The average molecular weight is 240 g/mol. The molecular formula is C11H10ClNOS. The van der Waals surface area contributed by atoms with Gasteiger partial charge in [-0.25, -0.2) is 0 Å². The first-order valence-electron chi connectivity index (χ1n) is 4.50. The third-order valence-electron chi connectivity index (χ3n) is 1.96. The number of hydrogen-bond acceptors (Lipinski definition) is 3. The number of hydrogen-bond donors (Lipinski definition) is 2. The second-order valence-electron chi connectivity index (χ2n) is 3.13. The van der Waals surface area contributed by atoms with E-state index in [1.54, 1.807) is 23.5 Å². The second kappa shape index (κ2) is 4.55. The Bertz CT molecular complexity index is 438. The van der Waals surface area contributed by atoms with E-state index in [4.69, 9.17) is 16.7 Å². The Kier molecular flexibility index (Phi) is 3.14. The van der Waals surface area contributed by atoms with E-state index in [1.807, 2.05) is 23.6 Å². The second-order valence-corrected chi connectivity index (χ2v) is 4.56. The van der Waals surface area contributed by atoms with Gasteiger partial charge in [0.05, 0.1) is 5.02 Å². The smallest absolute Gasteiger partial charge is 0.115 e. The van der Waals surface area contributed by atoms with Crippen molar-refractivity contribution in [1.29, 1.82) is 0 Å². The highest BCUT2D eigenvalue weighted by atomic mass is 35.5. The molecule has 0 unspecified atom stereocenters. The monoisotopic (exact) mass is 239 g/mol. The van der Waals surface area contributed by atoms with Crippen LogP contribution in [0.15, 0.2) is 35.7 Å². The summed E-state index contributed by atoms with van der Waals surface area (Å²) in [4.78, 5) is 1.19. The summed E-state index contributed by atoms with van der Waals surface area (Å²) in [6, 6.07) is 8.93. The summed E-state index contributed by atoms with van der Waals surface area (Å²) in [7, 11) is 0. The van der Waals surface area contributed by atoms with Crippen molar-refractivity contribution >= 4 is 28.6 Å². The van der Waals surface area contributed by atoms with Crippen molar-refractivity contribution in [2.24, 2.45) is 0 Å². The Morgan fingerprint density at radius 3 is 2.60 bits per heavy atom.